The first-order chi connectivity index (χ1) is 16.3. The van der Waals surface area contributed by atoms with Crippen LogP contribution in [0.1, 0.15) is 36.8 Å². The van der Waals surface area contributed by atoms with Crippen LogP contribution >= 0.6 is 11.6 Å². The van der Waals surface area contributed by atoms with Crippen molar-refractivity contribution in [3.63, 3.8) is 0 Å². The molecule has 1 aliphatic carbocycles. The Kier molecular flexibility index (Phi) is 6.26. The molecule has 2 aromatic rings. The van der Waals surface area contributed by atoms with Crippen LogP contribution in [-0.4, -0.2) is 44.2 Å². The number of ether oxygens (including phenoxy) is 1. The Morgan fingerprint density at radius 2 is 1.91 bits per heavy atom. The van der Waals surface area contributed by atoms with Gasteiger partial charge in [0.1, 0.15) is 10.6 Å². The smallest absolute Gasteiger partial charge is 0.262 e. The molecule has 0 aromatic heterocycles. The van der Waals surface area contributed by atoms with Crippen molar-refractivity contribution in [3.8, 4) is 5.75 Å². The van der Waals surface area contributed by atoms with E-state index in [0.717, 1.165) is 24.9 Å². The summed E-state index contributed by atoms with van der Waals surface area (Å²) in [6, 6.07) is 8.79. The van der Waals surface area contributed by atoms with E-state index < -0.39 is 10.0 Å². The van der Waals surface area contributed by atoms with Crippen LogP contribution in [0.3, 0.4) is 0 Å². The number of hydrogen-bond acceptors (Lipinski definition) is 5. The lowest BCUT2D eigenvalue weighted by Crippen LogP contribution is -2.41. The molecule has 8 nitrogen and oxygen atoms in total. The minimum atomic E-state index is -3.88. The molecule has 10 heteroatoms. The molecule has 0 atom stereocenters. The highest BCUT2D eigenvalue weighted by atomic mass is 35.5. The number of benzene rings is 2. The number of nitrogens with one attached hydrogen (secondary N) is 2. The van der Waals surface area contributed by atoms with Gasteiger partial charge >= 0.3 is 0 Å². The number of anilines is 2. The van der Waals surface area contributed by atoms with Crippen molar-refractivity contribution in [3.05, 3.63) is 46.5 Å². The van der Waals surface area contributed by atoms with Gasteiger partial charge in [-0.25, -0.2) is 8.42 Å². The van der Waals surface area contributed by atoms with Gasteiger partial charge in [-0.15, -0.1) is 0 Å². The van der Waals surface area contributed by atoms with Crippen molar-refractivity contribution in [2.45, 2.75) is 43.4 Å². The molecule has 34 heavy (non-hydrogen) atoms. The lowest BCUT2D eigenvalue weighted by molar-refractivity contribution is -0.121. The molecule has 0 radical (unpaired) electrons. The predicted octanol–water partition coefficient (Wildman–Crippen LogP) is 3.59. The van der Waals surface area contributed by atoms with Gasteiger partial charge in [0.25, 0.3) is 5.91 Å². The van der Waals surface area contributed by atoms with Crippen molar-refractivity contribution in [2.24, 2.45) is 5.92 Å². The van der Waals surface area contributed by atoms with Crippen LogP contribution in [0, 0.1) is 5.92 Å². The Morgan fingerprint density at radius 3 is 2.71 bits per heavy atom. The standard InChI is InChI=1S/C24H26ClN3O5S/c25-18-12-20-21(33-14-23(29)26-20)13-22(18)34(31,32)28-10-8-16(9-11-28)24(30)27-19-7-3-5-15-4-1-2-6-17(15)19/h3,5,7,12-13,16H,1-2,4,6,8-11,14H2,(H,26,29)(H,27,30). The summed E-state index contributed by atoms with van der Waals surface area (Å²) in [4.78, 5) is 24.4. The van der Waals surface area contributed by atoms with Crippen LogP contribution in [0.2, 0.25) is 5.02 Å². The SMILES string of the molecule is O=C1COc2cc(S(=O)(=O)N3CCC(C(=O)Nc4cccc5c4CCCC5)CC3)c(Cl)cc2N1. The number of piperidine rings is 1. The van der Waals surface area contributed by atoms with Crippen LogP contribution in [0.25, 0.3) is 0 Å². The summed E-state index contributed by atoms with van der Waals surface area (Å²) in [6.07, 6.45) is 5.16. The largest absolute Gasteiger partial charge is 0.482 e. The van der Waals surface area contributed by atoms with Crippen molar-refractivity contribution >= 4 is 44.8 Å². The highest BCUT2D eigenvalue weighted by molar-refractivity contribution is 7.89. The molecule has 2 aromatic carbocycles. The quantitative estimate of drug-likeness (QED) is 0.663. The molecular formula is C24H26ClN3O5S. The Bertz CT molecular complexity index is 1260. The second kappa shape index (κ2) is 9.20. The van der Waals surface area contributed by atoms with E-state index in [1.165, 1.54) is 34.0 Å². The molecule has 0 unspecified atom stereocenters. The number of hydrogen-bond donors (Lipinski definition) is 2. The molecule has 1 fully saturated rings. The van der Waals surface area contributed by atoms with Crippen LogP contribution in [0.15, 0.2) is 35.2 Å². The monoisotopic (exact) mass is 503 g/mol. The van der Waals surface area contributed by atoms with E-state index in [4.69, 9.17) is 16.3 Å². The van der Waals surface area contributed by atoms with Gasteiger partial charge in [0.15, 0.2) is 6.61 Å². The van der Waals surface area contributed by atoms with E-state index in [0.29, 0.717) is 18.5 Å². The first-order valence-electron chi connectivity index (χ1n) is 11.5. The molecule has 2 heterocycles. The molecular weight excluding hydrogens is 478 g/mol. The average Bonchev–Trinajstić information content (AvgIpc) is 2.83. The van der Waals surface area contributed by atoms with Gasteiger partial charge < -0.3 is 15.4 Å². The Labute approximate surface area is 203 Å². The molecule has 3 aliphatic rings. The fraction of sp³-hybridized carbons (Fsp3) is 0.417. The van der Waals surface area contributed by atoms with Crippen LogP contribution < -0.4 is 15.4 Å². The number of halogens is 1. The van der Waals surface area contributed by atoms with Gasteiger partial charge in [0.2, 0.25) is 15.9 Å². The summed E-state index contributed by atoms with van der Waals surface area (Å²) in [7, 11) is -3.88. The van der Waals surface area contributed by atoms with Crippen molar-refractivity contribution in [2.75, 3.05) is 30.3 Å². The van der Waals surface area contributed by atoms with E-state index >= 15 is 0 Å². The highest BCUT2D eigenvalue weighted by Crippen LogP contribution is 2.38. The number of carbonyl (C=O) groups excluding carboxylic acids is 2. The number of sulfonamides is 1. The Morgan fingerprint density at radius 1 is 1.15 bits per heavy atom. The number of nitrogens with zero attached hydrogens (tertiary/aromatic N) is 1. The summed E-state index contributed by atoms with van der Waals surface area (Å²) in [5, 5.41) is 5.72. The molecule has 1 saturated heterocycles. The maximum atomic E-state index is 13.3. The van der Waals surface area contributed by atoms with Gasteiger partial charge in [-0.2, -0.15) is 4.31 Å². The summed E-state index contributed by atoms with van der Waals surface area (Å²) >= 11 is 6.26. The maximum absolute atomic E-state index is 13.3. The lowest BCUT2D eigenvalue weighted by atomic mass is 9.90. The molecule has 0 bridgehead atoms. The molecule has 0 saturated carbocycles. The summed E-state index contributed by atoms with van der Waals surface area (Å²) in [5.74, 6) is -0.381. The van der Waals surface area contributed by atoms with Gasteiger partial charge in [-0.05, 0) is 61.8 Å². The van der Waals surface area contributed by atoms with Gasteiger partial charge in [-0.1, -0.05) is 23.7 Å². The van der Waals surface area contributed by atoms with Gasteiger partial charge in [0, 0.05) is 30.8 Å². The number of rotatable bonds is 4. The summed E-state index contributed by atoms with van der Waals surface area (Å²) < 4.78 is 33.3. The maximum Gasteiger partial charge on any atom is 0.262 e. The second-order valence-corrected chi connectivity index (χ2v) is 11.2. The van der Waals surface area contributed by atoms with E-state index in [2.05, 4.69) is 16.7 Å². The lowest BCUT2D eigenvalue weighted by Gasteiger charge is -2.31. The Hall–Kier alpha value is -2.62. The molecule has 5 rings (SSSR count). The van der Waals surface area contributed by atoms with E-state index in [-0.39, 0.29) is 53.1 Å². The zero-order chi connectivity index (χ0) is 23.9. The fourth-order valence-corrected chi connectivity index (χ4v) is 6.90. The van der Waals surface area contributed by atoms with Crippen LogP contribution in [-0.2, 0) is 32.5 Å². The summed E-state index contributed by atoms with van der Waals surface area (Å²) in [6.45, 7) is 0.260. The van der Waals surface area contributed by atoms with E-state index in [1.807, 2.05) is 12.1 Å². The highest BCUT2D eigenvalue weighted by Gasteiger charge is 2.34. The third-order valence-corrected chi connectivity index (χ3v) is 9.13. The van der Waals surface area contributed by atoms with E-state index in [9.17, 15) is 18.0 Å². The van der Waals surface area contributed by atoms with Crippen molar-refractivity contribution in [1.82, 2.24) is 4.31 Å². The predicted molar refractivity (Wildman–Crippen MR) is 129 cm³/mol. The topological polar surface area (TPSA) is 105 Å². The minimum Gasteiger partial charge on any atom is -0.482 e. The van der Waals surface area contributed by atoms with Gasteiger partial charge in [0.05, 0.1) is 10.7 Å². The van der Waals surface area contributed by atoms with Crippen molar-refractivity contribution < 1.29 is 22.7 Å². The molecule has 180 valence electrons. The normalized spacial score (nSPS) is 18.9. The zero-order valence-corrected chi connectivity index (χ0v) is 20.2. The molecule has 2 aliphatic heterocycles. The molecule has 0 spiro atoms. The summed E-state index contributed by atoms with van der Waals surface area (Å²) in [5.41, 5.74) is 3.75. The zero-order valence-electron chi connectivity index (χ0n) is 18.6. The molecule has 2 N–H and O–H groups in total. The fourth-order valence-electron chi connectivity index (χ4n) is 4.91. The van der Waals surface area contributed by atoms with Crippen molar-refractivity contribution in [1.29, 1.82) is 0 Å². The first kappa shape index (κ1) is 23.1. The third-order valence-electron chi connectivity index (χ3n) is 6.76. The number of aryl methyl sites for hydroxylation is 1. The number of amides is 2. The van der Waals surface area contributed by atoms with Crippen LogP contribution in [0.5, 0.6) is 5.75 Å². The Balaban J connectivity index is 1.26. The third kappa shape index (κ3) is 4.39. The first-order valence-corrected chi connectivity index (χ1v) is 13.3. The minimum absolute atomic E-state index is 0.0123. The average molecular weight is 504 g/mol. The van der Waals surface area contributed by atoms with E-state index in [1.54, 1.807) is 0 Å². The molecule has 2 amide bonds. The van der Waals surface area contributed by atoms with Gasteiger partial charge in [-0.3, -0.25) is 9.59 Å². The number of fused-ring (bicyclic) bond motifs is 2. The second-order valence-electron chi connectivity index (χ2n) is 8.93. The number of carbonyl (C=O) groups is 2. The van der Waals surface area contributed by atoms with Crippen LogP contribution in [0.4, 0.5) is 11.4 Å².